The Morgan fingerprint density at radius 2 is 2.05 bits per heavy atom. The van der Waals surface area contributed by atoms with E-state index in [2.05, 4.69) is 26.7 Å². The first-order valence-corrected chi connectivity index (χ1v) is 7.17. The maximum Gasteiger partial charge on any atom is 0.127 e. The van der Waals surface area contributed by atoms with Crippen LogP contribution in [0.3, 0.4) is 0 Å². The quantitative estimate of drug-likeness (QED) is 0.679. The number of nitrogens with zero attached hydrogens (tertiary/aromatic N) is 3. The predicted molar refractivity (Wildman–Crippen MR) is 81.9 cm³/mol. The highest BCUT2D eigenvalue weighted by Gasteiger charge is 2.14. The van der Waals surface area contributed by atoms with Crippen LogP contribution in [0.2, 0.25) is 0 Å². The Bertz CT molecular complexity index is 704. The molecule has 2 aromatic heterocycles. The zero-order valence-electron chi connectivity index (χ0n) is 11.3. The molecule has 0 aliphatic heterocycles. The van der Waals surface area contributed by atoms with Crippen molar-refractivity contribution in [2.75, 3.05) is 0 Å². The number of para-hydroxylation sites is 2. The van der Waals surface area contributed by atoms with Crippen LogP contribution in [-0.2, 0) is 13.0 Å². The Balaban J connectivity index is 1.95. The molecule has 3 aromatic rings. The van der Waals surface area contributed by atoms with Gasteiger partial charge in [-0.05, 0) is 37.1 Å². The Morgan fingerprint density at radius 1 is 1.20 bits per heavy atom. The molecule has 0 radical (unpaired) electrons. The first-order chi connectivity index (χ1) is 9.75. The lowest BCUT2D eigenvalue weighted by Crippen LogP contribution is -2.07. The van der Waals surface area contributed by atoms with Gasteiger partial charge >= 0.3 is 0 Å². The molecule has 1 unspecified atom stereocenters. The summed E-state index contributed by atoms with van der Waals surface area (Å²) in [5.74, 6) is 0.928. The second-order valence-electron chi connectivity index (χ2n) is 4.84. The number of aryl methyl sites for hydroxylation is 2. The second-order valence-corrected chi connectivity index (χ2v) is 5.49. The molecule has 0 saturated heterocycles. The summed E-state index contributed by atoms with van der Waals surface area (Å²) in [4.78, 5) is 8.79. The molecule has 3 nitrogen and oxygen atoms in total. The van der Waals surface area contributed by atoms with Gasteiger partial charge in [-0.1, -0.05) is 18.2 Å². The summed E-state index contributed by atoms with van der Waals surface area (Å²) >= 11 is 6.27. The second kappa shape index (κ2) is 5.63. The molecule has 0 saturated carbocycles. The van der Waals surface area contributed by atoms with E-state index in [1.165, 1.54) is 5.56 Å². The van der Waals surface area contributed by atoms with Gasteiger partial charge in [-0.2, -0.15) is 0 Å². The highest BCUT2D eigenvalue weighted by atomic mass is 35.5. The van der Waals surface area contributed by atoms with Crippen LogP contribution < -0.4 is 0 Å². The maximum absolute atomic E-state index is 6.27. The molecular formula is C16H16ClN3. The van der Waals surface area contributed by atoms with Crippen molar-refractivity contribution in [3.8, 4) is 0 Å². The average molecular weight is 286 g/mol. The monoisotopic (exact) mass is 285 g/mol. The number of fused-ring (bicyclic) bond motifs is 1. The molecule has 0 aliphatic rings. The van der Waals surface area contributed by atoms with E-state index in [1.54, 1.807) is 6.20 Å². The van der Waals surface area contributed by atoms with Crippen molar-refractivity contribution in [3.63, 3.8) is 0 Å². The minimum Gasteiger partial charge on any atom is -0.326 e. The SMILES string of the molecule is CC(Cl)c1nc2ccccc2n1CCc1cccnc1. The molecule has 0 fully saturated rings. The molecule has 2 heterocycles. The maximum atomic E-state index is 6.27. The molecule has 4 heteroatoms. The van der Waals surface area contributed by atoms with Gasteiger partial charge in [0.2, 0.25) is 0 Å². The predicted octanol–water partition coefficient (Wildman–Crippen LogP) is 3.97. The highest BCUT2D eigenvalue weighted by Crippen LogP contribution is 2.24. The standard InChI is InChI=1S/C16H16ClN3/c1-12(17)16-19-14-6-2-3-7-15(14)20(16)10-8-13-5-4-9-18-11-13/h2-7,9,11-12H,8,10H2,1H3. The van der Waals surface area contributed by atoms with E-state index in [0.29, 0.717) is 0 Å². The number of benzene rings is 1. The van der Waals surface area contributed by atoms with Crippen LogP contribution in [0.15, 0.2) is 48.8 Å². The Morgan fingerprint density at radius 3 is 2.80 bits per heavy atom. The third-order valence-electron chi connectivity index (χ3n) is 3.39. The van der Waals surface area contributed by atoms with Gasteiger partial charge in [-0.25, -0.2) is 4.98 Å². The van der Waals surface area contributed by atoms with E-state index in [9.17, 15) is 0 Å². The van der Waals surface area contributed by atoms with E-state index < -0.39 is 0 Å². The number of aromatic nitrogens is 3. The smallest absolute Gasteiger partial charge is 0.127 e. The van der Waals surface area contributed by atoms with Crippen molar-refractivity contribution in [3.05, 3.63) is 60.2 Å². The number of halogens is 1. The number of pyridine rings is 1. The van der Waals surface area contributed by atoms with Gasteiger partial charge in [0.25, 0.3) is 0 Å². The molecule has 3 rings (SSSR count). The van der Waals surface area contributed by atoms with Crippen molar-refractivity contribution in [2.45, 2.75) is 25.3 Å². The number of alkyl halides is 1. The van der Waals surface area contributed by atoms with Crippen LogP contribution in [-0.4, -0.2) is 14.5 Å². The van der Waals surface area contributed by atoms with Gasteiger partial charge in [0.05, 0.1) is 16.4 Å². The number of rotatable bonds is 4. The van der Waals surface area contributed by atoms with Crippen molar-refractivity contribution < 1.29 is 0 Å². The Labute approximate surface area is 123 Å². The first kappa shape index (κ1) is 13.1. The lowest BCUT2D eigenvalue weighted by Gasteiger charge is -2.10. The van der Waals surface area contributed by atoms with E-state index in [4.69, 9.17) is 11.6 Å². The number of hydrogen-bond donors (Lipinski definition) is 0. The van der Waals surface area contributed by atoms with E-state index in [1.807, 2.05) is 37.4 Å². The summed E-state index contributed by atoms with van der Waals surface area (Å²) in [6, 6.07) is 12.2. The van der Waals surface area contributed by atoms with Gasteiger partial charge in [-0.15, -0.1) is 11.6 Å². The fourth-order valence-electron chi connectivity index (χ4n) is 2.42. The molecule has 0 amide bonds. The Kier molecular flexibility index (Phi) is 3.70. The average Bonchev–Trinajstić information content (AvgIpc) is 2.85. The van der Waals surface area contributed by atoms with Crippen LogP contribution in [0.4, 0.5) is 0 Å². The zero-order chi connectivity index (χ0) is 13.9. The van der Waals surface area contributed by atoms with Gasteiger partial charge in [0, 0.05) is 18.9 Å². The molecule has 0 bridgehead atoms. The van der Waals surface area contributed by atoms with Crippen molar-refractivity contribution in [1.29, 1.82) is 0 Å². The van der Waals surface area contributed by atoms with Gasteiger partial charge < -0.3 is 4.57 Å². The molecule has 0 N–H and O–H groups in total. The molecule has 1 atom stereocenters. The highest BCUT2D eigenvalue weighted by molar-refractivity contribution is 6.20. The summed E-state index contributed by atoms with van der Waals surface area (Å²) in [5, 5.41) is -0.101. The number of imidazole rings is 1. The summed E-state index contributed by atoms with van der Waals surface area (Å²) in [7, 11) is 0. The zero-order valence-corrected chi connectivity index (χ0v) is 12.1. The molecule has 0 aliphatic carbocycles. The van der Waals surface area contributed by atoms with Crippen LogP contribution in [0, 0.1) is 0 Å². The molecule has 1 aromatic carbocycles. The third-order valence-corrected chi connectivity index (χ3v) is 3.58. The van der Waals surface area contributed by atoms with Gasteiger partial charge in [-0.3, -0.25) is 4.98 Å². The largest absolute Gasteiger partial charge is 0.326 e. The lowest BCUT2D eigenvalue weighted by molar-refractivity contribution is 0.667. The summed E-state index contributed by atoms with van der Waals surface area (Å²) < 4.78 is 2.21. The number of hydrogen-bond acceptors (Lipinski definition) is 2. The third kappa shape index (κ3) is 2.54. The minimum absolute atomic E-state index is 0.101. The molecule has 0 spiro atoms. The van der Waals surface area contributed by atoms with Crippen LogP contribution in [0.25, 0.3) is 11.0 Å². The molecule has 20 heavy (non-hydrogen) atoms. The topological polar surface area (TPSA) is 30.7 Å². The first-order valence-electron chi connectivity index (χ1n) is 6.74. The van der Waals surface area contributed by atoms with Crippen molar-refractivity contribution in [1.82, 2.24) is 14.5 Å². The summed E-state index contributed by atoms with van der Waals surface area (Å²) in [6.07, 6.45) is 4.62. The van der Waals surface area contributed by atoms with Crippen LogP contribution in [0.5, 0.6) is 0 Å². The molecular weight excluding hydrogens is 270 g/mol. The normalized spacial score (nSPS) is 12.7. The van der Waals surface area contributed by atoms with E-state index in [0.717, 1.165) is 29.8 Å². The van der Waals surface area contributed by atoms with Crippen molar-refractivity contribution in [2.24, 2.45) is 0 Å². The van der Waals surface area contributed by atoms with Crippen molar-refractivity contribution >= 4 is 22.6 Å². The fraction of sp³-hybridized carbons (Fsp3) is 0.250. The fourth-order valence-corrected chi connectivity index (χ4v) is 2.59. The lowest BCUT2D eigenvalue weighted by atomic mass is 10.2. The van der Waals surface area contributed by atoms with E-state index >= 15 is 0 Å². The van der Waals surface area contributed by atoms with Gasteiger partial charge in [0.1, 0.15) is 5.82 Å². The van der Waals surface area contributed by atoms with Crippen LogP contribution >= 0.6 is 11.6 Å². The van der Waals surface area contributed by atoms with Gasteiger partial charge in [0.15, 0.2) is 0 Å². The Hall–Kier alpha value is -1.87. The minimum atomic E-state index is -0.101. The summed E-state index contributed by atoms with van der Waals surface area (Å²) in [5.41, 5.74) is 3.36. The van der Waals surface area contributed by atoms with Crippen LogP contribution in [0.1, 0.15) is 23.7 Å². The summed E-state index contributed by atoms with van der Waals surface area (Å²) in [6.45, 7) is 2.82. The molecule has 102 valence electrons. The van der Waals surface area contributed by atoms with E-state index in [-0.39, 0.29) is 5.38 Å².